The Balaban J connectivity index is 2.05. The molecule has 0 aromatic heterocycles. The first kappa shape index (κ1) is 16.3. The van der Waals surface area contributed by atoms with Crippen LogP contribution in [0, 0.1) is 0 Å². The van der Waals surface area contributed by atoms with Gasteiger partial charge in [0.25, 0.3) is 0 Å². The van der Waals surface area contributed by atoms with E-state index in [2.05, 4.69) is 31.7 Å². The van der Waals surface area contributed by atoms with Gasteiger partial charge in [-0.15, -0.1) is 0 Å². The lowest BCUT2D eigenvalue weighted by Crippen LogP contribution is -2.53. The molecule has 1 aromatic carbocycles. The van der Waals surface area contributed by atoms with Crippen LogP contribution in [0.1, 0.15) is 39.3 Å². The number of nitrogens with zero attached hydrogens (tertiary/aromatic N) is 1. The summed E-state index contributed by atoms with van der Waals surface area (Å²) < 4.78 is 11.6. The molecule has 0 bridgehead atoms. The molecule has 0 spiro atoms. The molecule has 4 heteroatoms. The number of ether oxygens (including phenoxy) is 2. The minimum atomic E-state index is -0.114. The summed E-state index contributed by atoms with van der Waals surface area (Å²) in [5.74, 6) is 0.896. The molecule has 1 aromatic rings. The Kier molecular flexibility index (Phi) is 5.25. The highest BCUT2D eigenvalue weighted by Crippen LogP contribution is 2.27. The van der Waals surface area contributed by atoms with Crippen molar-refractivity contribution in [3.63, 3.8) is 0 Å². The van der Waals surface area contributed by atoms with Gasteiger partial charge in [-0.05, 0) is 33.8 Å². The smallest absolute Gasteiger partial charge is 0.124 e. The zero-order chi connectivity index (χ0) is 15.5. The number of benzene rings is 1. The number of para-hydroxylation sites is 1. The first-order valence-electron chi connectivity index (χ1n) is 7.79. The molecule has 21 heavy (non-hydrogen) atoms. The fourth-order valence-corrected chi connectivity index (χ4v) is 3.18. The Morgan fingerprint density at radius 1 is 1.43 bits per heavy atom. The van der Waals surface area contributed by atoms with Crippen molar-refractivity contribution < 1.29 is 9.47 Å². The lowest BCUT2D eigenvalue weighted by atomic mass is 10.0. The highest BCUT2D eigenvalue weighted by Gasteiger charge is 2.32. The maximum Gasteiger partial charge on any atom is 0.124 e. The van der Waals surface area contributed by atoms with Crippen LogP contribution in [-0.2, 0) is 4.74 Å². The molecule has 2 rings (SSSR count). The third-order valence-corrected chi connectivity index (χ3v) is 3.71. The second-order valence-corrected chi connectivity index (χ2v) is 6.46. The predicted octanol–water partition coefficient (Wildman–Crippen LogP) is 2.58. The van der Waals surface area contributed by atoms with Gasteiger partial charge in [0.15, 0.2) is 0 Å². The lowest BCUT2D eigenvalue weighted by molar-refractivity contribution is -0.129. The summed E-state index contributed by atoms with van der Waals surface area (Å²) in [6.07, 6.45) is 0.239. The maximum absolute atomic E-state index is 6.43. The molecule has 0 radical (unpaired) electrons. The molecular weight excluding hydrogens is 264 g/mol. The molecule has 0 saturated carbocycles. The summed E-state index contributed by atoms with van der Waals surface area (Å²) in [7, 11) is 0. The Morgan fingerprint density at radius 2 is 2.14 bits per heavy atom. The van der Waals surface area contributed by atoms with E-state index in [0.29, 0.717) is 6.61 Å². The van der Waals surface area contributed by atoms with Crippen LogP contribution in [0.25, 0.3) is 0 Å². The van der Waals surface area contributed by atoms with E-state index in [0.717, 1.165) is 30.9 Å². The fraction of sp³-hybridized carbons (Fsp3) is 0.647. The van der Waals surface area contributed by atoms with Crippen molar-refractivity contribution in [2.24, 2.45) is 5.73 Å². The Bertz CT molecular complexity index is 462. The normalized spacial score (nSPS) is 23.8. The van der Waals surface area contributed by atoms with Crippen LogP contribution in [0.2, 0.25) is 0 Å². The number of rotatable bonds is 5. The monoisotopic (exact) mass is 292 g/mol. The second-order valence-electron chi connectivity index (χ2n) is 6.46. The lowest BCUT2D eigenvalue weighted by Gasteiger charge is -2.42. The summed E-state index contributed by atoms with van der Waals surface area (Å²) >= 11 is 0. The molecule has 1 aliphatic rings. The molecule has 2 N–H and O–H groups in total. The van der Waals surface area contributed by atoms with Crippen LogP contribution in [0.3, 0.4) is 0 Å². The topological polar surface area (TPSA) is 47.7 Å². The van der Waals surface area contributed by atoms with E-state index in [-0.39, 0.29) is 17.7 Å². The minimum Gasteiger partial charge on any atom is -0.494 e. The first-order chi connectivity index (χ1) is 9.91. The van der Waals surface area contributed by atoms with Gasteiger partial charge in [0, 0.05) is 31.2 Å². The van der Waals surface area contributed by atoms with Gasteiger partial charge in [0.1, 0.15) is 5.75 Å². The largest absolute Gasteiger partial charge is 0.494 e. The van der Waals surface area contributed by atoms with Gasteiger partial charge < -0.3 is 15.2 Å². The van der Waals surface area contributed by atoms with Gasteiger partial charge in [-0.25, -0.2) is 0 Å². The van der Waals surface area contributed by atoms with Gasteiger partial charge in [0.05, 0.1) is 18.3 Å². The fourth-order valence-electron chi connectivity index (χ4n) is 3.18. The van der Waals surface area contributed by atoms with E-state index in [9.17, 15) is 0 Å². The molecule has 0 aliphatic carbocycles. The van der Waals surface area contributed by atoms with E-state index in [4.69, 9.17) is 15.2 Å². The number of nitrogens with two attached hydrogens (primary N) is 1. The summed E-state index contributed by atoms with van der Waals surface area (Å²) in [4.78, 5) is 2.39. The van der Waals surface area contributed by atoms with Crippen LogP contribution in [0.5, 0.6) is 5.75 Å². The summed E-state index contributed by atoms with van der Waals surface area (Å²) in [5, 5.41) is 0. The third kappa shape index (κ3) is 4.43. The number of hydrogen-bond donors (Lipinski definition) is 1. The predicted molar refractivity (Wildman–Crippen MR) is 85.6 cm³/mol. The Morgan fingerprint density at radius 3 is 2.81 bits per heavy atom. The van der Waals surface area contributed by atoms with Crippen molar-refractivity contribution in [3.8, 4) is 5.75 Å². The minimum absolute atomic E-state index is 0.0474. The number of morpholine rings is 1. The van der Waals surface area contributed by atoms with Crippen molar-refractivity contribution in [1.29, 1.82) is 0 Å². The van der Waals surface area contributed by atoms with Crippen molar-refractivity contribution in [3.05, 3.63) is 29.8 Å². The molecule has 4 nitrogen and oxygen atoms in total. The van der Waals surface area contributed by atoms with Gasteiger partial charge in [-0.2, -0.15) is 0 Å². The van der Waals surface area contributed by atoms with Crippen molar-refractivity contribution >= 4 is 0 Å². The molecule has 1 saturated heterocycles. The van der Waals surface area contributed by atoms with Crippen molar-refractivity contribution in [1.82, 2.24) is 4.90 Å². The van der Waals surface area contributed by atoms with Crippen molar-refractivity contribution in [2.75, 3.05) is 26.2 Å². The Hall–Kier alpha value is -1.10. The van der Waals surface area contributed by atoms with Crippen LogP contribution in [0.15, 0.2) is 24.3 Å². The van der Waals surface area contributed by atoms with Gasteiger partial charge in [-0.3, -0.25) is 4.90 Å². The molecule has 1 aliphatic heterocycles. The van der Waals surface area contributed by atoms with Gasteiger partial charge >= 0.3 is 0 Å². The molecule has 2 unspecified atom stereocenters. The summed E-state index contributed by atoms with van der Waals surface area (Å²) in [6.45, 7) is 11.7. The molecule has 118 valence electrons. The first-order valence-corrected chi connectivity index (χ1v) is 7.79. The van der Waals surface area contributed by atoms with Crippen LogP contribution in [0.4, 0.5) is 0 Å². The SMILES string of the molecule is CCOc1ccccc1C(N)CN1CC(C)OC(C)(C)C1. The molecular formula is C17H28N2O2. The highest BCUT2D eigenvalue weighted by molar-refractivity contribution is 5.36. The van der Waals surface area contributed by atoms with Crippen molar-refractivity contribution in [2.45, 2.75) is 45.4 Å². The molecule has 2 atom stereocenters. The highest BCUT2D eigenvalue weighted by atomic mass is 16.5. The number of hydrogen-bond acceptors (Lipinski definition) is 4. The average Bonchev–Trinajstić information content (AvgIpc) is 2.37. The Labute approximate surface area is 128 Å². The molecule has 0 amide bonds. The standard InChI is InChI=1S/C17H28N2O2/c1-5-20-16-9-7-6-8-14(16)15(18)11-19-10-13(2)21-17(3,4)12-19/h6-9,13,15H,5,10-12,18H2,1-4H3. The average molecular weight is 292 g/mol. The molecule has 1 fully saturated rings. The van der Waals surface area contributed by atoms with E-state index in [1.165, 1.54) is 0 Å². The van der Waals surface area contributed by atoms with Gasteiger partial charge in [-0.1, -0.05) is 18.2 Å². The summed E-state index contributed by atoms with van der Waals surface area (Å²) in [5.41, 5.74) is 7.39. The molecule has 1 heterocycles. The second kappa shape index (κ2) is 6.77. The van der Waals surface area contributed by atoms with E-state index in [1.54, 1.807) is 0 Å². The van der Waals surface area contributed by atoms with E-state index >= 15 is 0 Å². The third-order valence-electron chi connectivity index (χ3n) is 3.71. The summed E-state index contributed by atoms with van der Waals surface area (Å²) in [6, 6.07) is 8.01. The maximum atomic E-state index is 6.43. The van der Waals surface area contributed by atoms with Crippen LogP contribution >= 0.6 is 0 Å². The zero-order valence-electron chi connectivity index (χ0n) is 13.6. The quantitative estimate of drug-likeness (QED) is 0.906. The van der Waals surface area contributed by atoms with E-state index in [1.807, 2.05) is 25.1 Å². The van der Waals surface area contributed by atoms with Crippen LogP contribution < -0.4 is 10.5 Å². The van der Waals surface area contributed by atoms with Crippen LogP contribution in [-0.4, -0.2) is 42.8 Å². The zero-order valence-corrected chi connectivity index (χ0v) is 13.6. The van der Waals surface area contributed by atoms with E-state index < -0.39 is 0 Å². The van der Waals surface area contributed by atoms with Gasteiger partial charge in [0.2, 0.25) is 0 Å².